The number of rotatable bonds is 6. The van der Waals surface area contributed by atoms with Crippen LogP contribution in [0.25, 0.3) is 0 Å². The van der Waals surface area contributed by atoms with Gasteiger partial charge in [0.25, 0.3) is 0 Å². The molecular weight excluding hydrogens is 328 g/mol. The van der Waals surface area contributed by atoms with Gasteiger partial charge in [0, 0.05) is 17.3 Å². The largest absolute Gasteiger partial charge is 0.422 e. The van der Waals surface area contributed by atoms with Gasteiger partial charge in [-0.3, -0.25) is 4.79 Å². The highest BCUT2D eigenvalue weighted by atomic mass is 32.1. The van der Waals surface area contributed by atoms with Crippen LogP contribution in [0.15, 0.2) is 53.5 Å². The molecule has 2 rings (SSSR count). The number of esters is 1. The third-order valence-electron chi connectivity index (χ3n) is 2.86. The van der Waals surface area contributed by atoms with Crippen molar-refractivity contribution in [2.75, 3.05) is 5.32 Å². The Hall–Kier alpha value is -3.26. The van der Waals surface area contributed by atoms with Crippen molar-refractivity contribution in [3.63, 3.8) is 0 Å². The fourth-order valence-electron chi connectivity index (χ4n) is 1.90. The van der Waals surface area contributed by atoms with E-state index in [9.17, 15) is 9.59 Å². The van der Waals surface area contributed by atoms with Gasteiger partial charge in [-0.15, -0.1) is 0 Å². The van der Waals surface area contributed by atoms with Crippen molar-refractivity contribution in [1.82, 2.24) is 0 Å². The molecule has 0 aromatic heterocycles. The number of carbonyl (C=O) groups is 2. The van der Waals surface area contributed by atoms with Crippen molar-refractivity contribution >= 4 is 46.8 Å². The van der Waals surface area contributed by atoms with Gasteiger partial charge < -0.3 is 21.5 Å². The Morgan fingerprint density at radius 1 is 1.17 bits per heavy atom. The van der Waals surface area contributed by atoms with Crippen LogP contribution in [-0.4, -0.2) is 23.2 Å². The van der Waals surface area contributed by atoms with Gasteiger partial charge in [0.1, 0.15) is 10.6 Å². The van der Waals surface area contributed by atoms with Crippen molar-refractivity contribution in [3.05, 3.63) is 54.1 Å². The van der Waals surface area contributed by atoms with E-state index in [0.717, 1.165) is 0 Å². The number of nitrogens with zero attached hydrogens (tertiary/aromatic N) is 1. The molecule has 0 spiro atoms. The molecule has 0 aliphatic carbocycles. The molecule has 8 heteroatoms. The highest BCUT2D eigenvalue weighted by molar-refractivity contribution is 7.82. The molecule has 24 heavy (non-hydrogen) atoms. The summed E-state index contributed by atoms with van der Waals surface area (Å²) in [6.07, 6.45) is 0.505. The summed E-state index contributed by atoms with van der Waals surface area (Å²) in [6, 6.07) is 13.0. The van der Waals surface area contributed by atoms with Crippen LogP contribution in [0.2, 0.25) is 0 Å². The number of para-hydroxylation sites is 1. The minimum atomic E-state index is -0.730. The molecule has 0 aliphatic rings. The van der Waals surface area contributed by atoms with E-state index in [2.05, 4.69) is 10.3 Å². The average molecular weight is 342 g/mol. The third-order valence-corrected chi connectivity index (χ3v) is 3.24. The summed E-state index contributed by atoms with van der Waals surface area (Å²) in [6.45, 7) is 0. The quantitative estimate of drug-likeness (QED) is 0.139. The van der Waals surface area contributed by atoms with Crippen molar-refractivity contribution in [2.24, 2.45) is 16.5 Å². The molecule has 0 heterocycles. The topological polar surface area (TPSA) is 120 Å². The maximum atomic E-state index is 12.2. The fraction of sp³-hybridized carbons (Fsp3) is 0. The number of anilines is 1. The van der Waals surface area contributed by atoms with Crippen LogP contribution < -0.4 is 21.5 Å². The predicted octanol–water partition coefficient (Wildman–Crippen LogP) is 1.48. The molecule has 0 aliphatic heterocycles. The minimum absolute atomic E-state index is 0.0628. The molecule has 2 aromatic carbocycles. The molecule has 0 fully saturated rings. The molecule has 0 radical (unpaired) electrons. The van der Waals surface area contributed by atoms with Crippen LogP contribution >= 0.6 is 12.2 Å². The van der Waals surface area contributed by atoms with E-state index < -0.39 is 5.97 Å². The zero-order valence-electron chi connectivity index (χ0n) is 12.4. The molecule has 0 bridgehead atoms. The highest BCUT2D eigenvalue weighted by Gasteiger charge is 2.17. The first-order valence-electron chi connectivity index (χ1n) is 6.76. The second kappa shape index (κ2) is 7.84. The number of hydrogen-bond acceptors (Lipinski definition) is 5. The number of aliphatic imine (C=N–C) groups is 1. The van der Waals surface area contributed by atoms with Crippen molar-refractivity contribution < 1.29 is 14.3 Å². The lowest BCUT2D eigenvalue weighted by atomic mass is 10.1. The second-order valence-corrected chi connectivity index (χ2v) is 4.97. The van der Waals surface area contributed by atoms with E-state index in [1.54, 1.807) is 42.5 Å². The number of carbonyl (C=O) groups excluding carboxylic acids is 2. The zero-order valence-corrected chi connectivity index (χ0v) is 13.2. The first kappa shape index (κ1) is 17.1. The van der Waals surface area contributed by atoms with E-state index in [4.69, 9.17) is 28.4 Å². The predicted molar refractivity (Wildman–Crippen MR) is 95.4 cm³/mol. The summed E-state index contributed by atoms with van der Waals surface area (Å²) in [5.41, 5.74) is 11.9. The van der Waals surface area contributed by atoms with Gasteiger partial charge >= 0.3 is 5.97 Å². The Balaban J connectivity index is 2.20. The Morgan fingerprint density at radius 2 is 1.92 bits per heavy atom. The summed E-state index contributed by atoms with van der Waals surface area (Å²) in [7, 11) is 0. The first-order chi connectivity index (χ1) is 11.5. The fourth-order valence-corrected chi connectivity index (χ4v) is 2.12. The Labute approximate surface area is 143 Å². The number of nitrogens with one attached hydrogen (secondary N) is 1. The second-order valence-electron chi connectivity index (χ2n) is 4.56. The van der Waals surface area contributed by atoms with E-state index in [1.165, 1.54) is 6.07 Å². The van der Waals surface area contributed by atoms with Gasteiger partial charge in [0.15, 0.2) is 5.96 Å². The number of nitrogens with two attached hydrogens (primary N) is 2. The van der Waals surface area contributed by atoms with Crippen molar-refractivity contribution in [1.29, 1.82) is 0 Å². The lowest BCUT2D eigenvalue weighted by molar-refractivity contribution is -0.126. The monoisotopic (exact) mass is 342 g/mol. The standard InChI is InChI=1S/C16H14N4O3S/c17-16(18)20-10-4-3-5-11(8-10)23-15(22)14(24)12-6-1-2-7-13(12)19-9-21/h1-9H,(H,19,21)(H4,17,18,20). The Kier molecular flexibility index (Phi) is 5.58. The number of hydrogen-bond donors (Lipinski definition) is 3. The number of amides is 1. The molecule has 5 N–H and O–H groups in total. The molecule has 122 valence electrons. The lowest BCUT2D eigenvalue weighted by Gasteiger charge is -2.09. The van der Waals surface area contributed by atoms with Gasteiger partial charge in [0.2, 0.25) is 6.41 Å². The lowest BCUT2D eigenvalue weighted by Crippen LogP contribution is -2.22. The third kappa shape index (κ3) is 4.37. The van der Waals surface area contributed by atoms with E-state index in [1.807, 2.05) is 0 Å². The molecular formula is C16H14N4O3S. The van der Waals surface area contributed by atoms with Crippen LogP contribution in [0.3, 0.4) is 0 Å². The summed E-state index contributed by atoms with van der Waals surface area (Å²) < 4.78 is 5.24. The first-order valence-corrected chi connectivity index (χ1v) is 7.17. The maximum absolute atomic E-state index is 12.2. The number of thiocarbonyl (C=S) groups is 1. The molecule has 7 nitrogen and oxygen atoms in total. The van der Waals surface area contributed by atoms with Gasteiger partial charge in [0.05, 0.1) is 5.69 Å². The van der Waals surface area contributed by atoms with E-state index in [-0.39, 0.29) is 16.6 Å². The highest BCUT2D eigenvalue weighted by Crippen LogP contribution is 2.21. The summed E-state index contributed by atoms with van der Waals surface area (Å²) in [5.74, 6) is -0.597. The van der Waals surface area contributed by atoms with Crippen molar-refractivity contribution in [2.45, 2.75) is 0 Å². The molecule has 0 saturated carbocycles. The van der Waals surface area contributed by atoms with E-state index in [0.29, 0.717) is 23.3 Å². The van der Waals surface area contributed by atoms with Crippen LogP contribution in [0.5, 0.6) is 5.75 Å². The number of ether oxygens (including phenoxy) is 1. The average Bonchev–Trinajstić information content (AvgIpc) is 2.54. The Bertz CT molecular complexity index is 816. The summed E-state index contributed by atoms with van der Waals surface area (Å²) in [5, 5.41) is 2.49. The van der Waals surface area contributed by atoms with Gasteiger partial charge in [-0.25, -0.2) is 9.79 Å². The molecule has 1 amide bonds. The van der Waals surface area contributed by atoms with Crippen LogP contribution in [0.1, 0.15) is 5.56 Å². The molecule has 2 aromatic rings. The summed E-state index contributed by atoms with van der Waals surface area (Å²) >= 11 is 5.15. The molecule has 0 unspecified atom stereocenters. The van der Waals surface area contributed by atoms with Gasteiger partial charge in [-0.05, 0) is 18.2 Å². The van der Waals surface area contributed by atoms with Gasteiger partial charge in [-0.1, -0.05) is 36.5 Å². The molecule has 0 saturated heterocycles. The number of benzene rings is 2. The summed E-state index contributed by atoms with van der Waals surface area (Å²) in [4.78, 5) is 26.7. The Morgan fingerprint density at radius 3 is 2.62 bits per heavy atom. The van der Waals surface area contributed by atoms with Crippen LogP contribution in [0.4, 0.5) is 11.4 Å². The SMILES string of the molecule is NC(N)=Nc1cccc(OC(=O)C(=S)c2ccccc2NC=O)c1. The maximum Gasteiger partial charge on any atom is 0.355 e. The zero-order chi connectivity index (χ0) is 17.5. The van der Waals surface area contributed by atoms with Crippen LogP contribution in [0, 0.1) is 0 Å². The van der Waals surface area contributed by atoms with Crippen LogP contribution in [-0.2, 0) is 9.59 Å². The normalized spacial score (nSPS) is 9.67. The molecule has 0 atom stereocenters. The minimum Gasteiger partial charge on any atom is -0.422 e. The van der Waals surface area contributed by atoms with E-state index >= 15 is 0 Å². The smallest absolute Gasteiger partial charge is 0.355 e. The number of guanidine groups is 1. The van der Waals surface area contributed by atoms with Gasteiger partial charge in [-0.2, -0.15) is 0 Å². The van der Waals surface area contributed by atoms with Crippen molar-refractivity contribution in [3.8, 4) is 5.75 Å².